The summed E-state index contributed by atoms with van der Waals surface area (Å²) in [6.07, 6.45) is 4.99. The molecule has 172 valence electrons. The summed E-state index contributed by atoms with van der Waals surface area (Å²) < 4.78 is 19.1. The molecule has 1 fully saturated rings. The Morgan fingerprint density at radius 1 is 1.03 bits per heavy atom. The second kappa shape index (κ2) is 9.97. The van der Waals surface area contributed by atoms with Crippen LogP contribution in [0.5, 0.6) is 0 Å². The molecule has 0 aliphatic carbocycles. The first-order chi connectivity index (χ1) is 16.6. The summed E-state index contributed by atoms with van der Waals surface area (Å²) in [5.74, 6) is 0.183. The Kier molecular flexibility index (Phi) is 6.44. The monoisotopic (exact) mass is 456 g/mol. The van der Waals surface area contributed by atoms with E-state index in [1.54, 1.807) is 36.7 Å². The lowest BCUT2D eigenvalue weighted by atomic mass is 10.0. The van der Waals surface area contributed by atoms with Gasteiger partial charge in [-0.1, -0.05) is 30.3 Å². The van der Waals surface area contributed by atoms with Gasteiger partial charge < -0.3 is 9.73 Å². The Bertz CT molecular complexity index is 1250. The zero-order valence-corrected chi connectivity index (χ0v) is 18.7. The van der Waals surface area contributed by atoms with Gasteiger partial charge in [0.05, 0.1) is 17.0 Å². The maximum Gasteiger partial charge on any atom is 0.253 e. The van der Waals surface area contributed by atoms with Crippen LogP contribution in [0.4, 0.5) is 4.39 Å². The smallest absolute Gasteiger partial charge is 0.253 e. The van der Waals surface area contributed by atoms with Crippen molar-refractivity contribution in [2.45, 2.75) is 25.4 Å². The van der Waals surface area contributed by atoms with Gasteiger partial charge in [-0.05, 0) is 49.2 Å². The molecule has 0 saturated carbocycles. The van der Waals surface area contributed by atoms with Crippen molar-refractivity contribution >= 4 is 5.91 Å². The molecule has 1 saturated heterocycles. The summed E-state index contributed by atoms with van der Waals surface area (Å²) >= 11 is 0. The molecule has 5 rings (SSSR count). The Balaban J connectivity index is 1.12. The molecule has 2 aromatic heterocycles. The van der Waals surface area contributed by atoms with Gasteiger partial charge in [0.1, 0.15) is 12.1 Å². The lowest BCUT2D eigenvalue weighted by Gasteiger charge is -2.31. The van der Waals surface area contributed by atoms with E-state index >= 15 is 0 Å². The Hall–Kier alpha value is -3.84. The van der Waals surface area contributed by atoms with E-state index < -0.39 is 0 Å². The molecule has 7 heteroatoms. The zero-order chi connectivity index (χ0) is 23.3. The molecule has 0 atom stereocenters. The predicted octanol–water partition coefficient (Wildman–Crippen LogP) is 4.94. The van der Waals surface area contributed by atoms with Crippen LogP contribution in [-0.4, -0.2) is 39.9 Å². The molecular formula is C27H25FN4O2. The summed E-state index contributed by atoms with van der Waals surface area (Å²) in [7, 11) is 0. The number of halogens is 1. The fourth-order valence-electron chi connectivity index (χ4n) is 4.17. The molecule has 0 spiro atoms. The van der Waals surface area contributed by atoms with Crippen LogP contribution in [0.2, 0.25) is 0 Å². The topological polar surface area (TPSA) is 71.3 Å². The normalized spacial score (nSPS) is 14.7. The first-order valence-electron chi connectivity index (χ1n) is 11.4. The molecular weight excluding hydrogens is 431 g/mol. The molecule has 2 aromatic carbocycles. The first-order valence-corrected chi connectivity index (χ1v) is 11.4. The van der Waals surface area contributed by atoms with Gasteiger partial charge in [0.25, 0.3) is 5.91 Å². The standard InChI is InChI=1S/C27H25FN4O2/c28-22-8-4-7-20(15-22)25-10-9-21(16-29-25)26(33)30-23-11-13-32(14-12-23)17-24-18-34-27(31-24)19-5-2-1-3-6-19/h1-10,15-16,18,23H,11-14,17H2,(H,30,33). The molecule has 0 unspecified atom stereocenters. The van der Waals surface area contributed by atoms with Crippen molar-refractivity contribution in [3.05, 3.63) is 96.3 Å². The summed E-state index contributed by atoms with van der Waals surface area (Å²) in [5, 5.41) is 3.11. The maximum atomic E-state index is 13.4. The molecule has 1 N–H and O–H groups in total. The minimum absolute atomic E-state index is 0.115. The van der Waals surface area contributed by atoms with Crippen LogP contribution in [0, 0.1) is 5.82 Å². The molecule has 0 bridgehead atoms. The number of nitrogens with one attached hydrogen (secondary N) is 1. The van der Waals surface area contributed by atoms with E-state index in [4.69, 9.17) is 4.42 Å². The third-order valence-corrected chi connectivity index (χ3v) is 6.03. The molecule has 3 heterocycles. The molecule has 1 amide bonds. The summed E-state index contributed by atoms with van der Waals surface area (Å²) in [6, 6.07) is 19.7. The Morgan fingerprint density at radius 3 is 2.56 bits per heavy atom. The van der Waals surface area contributed by atoms with Crippen LogP contribution >= 0.6 is 0 Å². The van der Waals surface area contributed by atoms with Gasteiger partial charge in [-0.3, -0.25) is 14.7 Å². The lowest BCUT2D eigenvalue weighted by molar-refractivity contribution is 0.0908. The SMILES string of the molecule is O=C(NC1CCN(Cc2coc(-c3ccccc3)n2)CC1)c1ccc(-c2cccc(F)c2)nc1. The van der Waals surface area contributed by atoms with E-state index in [-0.39, 0.29) is 17.8 Å². The van der Waals surface area contributed by atoms with Crippen LogP contribution in [0.1, 0.15) is 28.9 Å². The van der Waals surface area contributed by atoms with Crippen molar-refractivity contribution < 1.29 is 13.6 Å². The van der Waals surface area contributed by atoms with Gasteiger partial charge in [0, 0.05) is 43.0 Å². The number of likely N-dealkylation sites (tertiary alicyclic amines) is 1. The number of pyridine rings is 1. The number of hydrogen-bond donors (Lipinski definition) is 1. The molecule has 34 heavy (non-hydrogen) atoms. The number of carbonyl (C=O) groups excluding carboxylic acids is 1. The summed E-state index contributed by atoms with van der Waals surface area (Å²) in [5.41, 5.74) is 3.69. The second-order valence-corrected chi connectivity index (χ2v) is 8.48. The number of benzene rings is 2. The number of hydrogen-bond acceptors (Lipinski definition) is 5. The highest BCUT2D eigenvalue weighted by atomic mass is 19.1. The van der Waals surface area contributed by atoms with Crippen LogP contribution in [0.15, 0.2) is 83.6 Å². The quantitative estimate of drug-likeness (QED) is 0.445. The van der Waals surface area contributed by atoms with Crippen LogP contribution in [0.3, 0.4) is 0 Å². The van der Waals surface area contributed by atoms with Crippen molar-refractivity contribution in [3.8, 4) is 22.7 Å². The summed E-state index contributed by atoms with van der Waals surface area (Å²) in [6.45, 7) is 2.47. The minimum Gasteiger partial charge on any atom is -0.444 e. The van der Waals surface area contributed by atoms with Crippen molar-refractivity contribution in [1.82, 2.24) is 20.2 Å². The number of rotatable bonds is 6. The van der Waals surface area contributed by atoms with Gasteiger partial charge in [-0.2, -0.15) is 0 Å². The second-order valence-electron chi connectivity index (χ2n) is 8.48. The number of amides is 1. The van der Waals surface area contributed by atoms with Gasteiger partial charge in [0.15, 0.2) is 0 Å². The maximum absolute atomic E-state index is 13.4. The van der Waals surface area contributed by atoms with Gasteiger partial charge in [-0.25, -0.2) is 9.37 Å². The highest BCUT2D eigenvalue weighted by Crippen LogP contribution is 2.21. The van der Waals surface area contributed by atoms with E-state index in [0.29, 0.717) is 22.7 Å². The molecule has 1 aliphatic heterocycles. The van der Waals surface area contributed by atoms with E-state index in [0.717, 1.165) is 43.7 Å². The van der Waals surface area contributed by atoms with Gasteiger partial charge in [-0.15, -0.1) is 0 Å². The van der Waals surface area contributed by atoms with Crippen LogP contribution in [0.25, 0.3) is 22.7 Å². The number of nitrogens with zero attached hydrogens (tertiary/aromatic N) is 3. The third-order valence-electron chi connectivity index (χ3n) is 6.03. The number of piperidine rings is 1. The highest BCUT2D eigenvalue weighted by molar-refractivity contribution is 5.94. The van der Waals surface area contributed by atoms with Crippen molar-refractivity contribution in [2.75, 3.05) is 13.1 Å². The van der Waals surface area contributed by atoms with E-state index in [2.05, 4.69) is 20.2 Å². The summed E-state index contributed by atoms with van der Waals surface area (Å²) in [4.78, 5) is 23.9. The number of oxazole rings is 1. The average molecular weight is 457 g/mol. The van der Waals surface area contributed by atoms with E-state index in [9.17, 15) is 9.18 Å². The third kappa shape index (κ3) is 5.21. The predicted molar refractivity (Wildman–Crippen MR) is 127 cm³/mol. The van der Waals surface area contributed by atoms with Gasteiger partial charge in [0.2, 0.25) is 5.89 Å². The van der Waals surface area contributed by atoms with E-state index in [1.807, 2.05) is 30.3 Å². The average Bonchev–Trinajstić information content (AvgIpc) is 3.34. The minimum atomic E-state index is -0.312. The fraction of sp³-hybridized carbons (Fsp3) is 0.222. The zero-order valence-electron chi connectivity index (χ0n) is 18.7. The fourth-order valence-corrected chi connectivity index (χ4v) is 4.17. The Labute approximate surface area is 197 Å². The molecule has 6 nitrogen and oxygen atoms in total. The van der Waals surface area contributed by atoms with Gasteiger partial charge >= 0.3 is 0 Å². The largest absolute Gasteiger partial charge is 0.444 e. The van der Waals surface area contributed by atoms with Crippen molar-refractivity contribution in [2.24, 2.45) is 0 Å². The number of carbonyl (C=O) groups is 1. The van der Waals surface area contributed by atoms with E-state index in [1.165, 1.54) is 12.1 Å². The van der Waals surface area contributed by atoms with Crippen molar-refractivity contribution in [3.63, 3.8) is 0 Å². The highest BCUT2D eigenvalue weighted by Gasteiger charge is 2.22. The number of aromatic nitrogens is 2. The lowest BCUT2D eigenvalue weighted by Crippen LogP contribution is -2.44. The first kappa shape index (κ1) is 22.0. The van der Waals surface area contributed by atoms with Crippen molar-refractivity contribution in [1.29, 1.82) is 0 Å². The molecule has 4 aromatic rings. The van der Waals surface area contributed by atoms with Crippen LogP contribution in [-0.2, 0) is 6.54 Å². The Morgan fingerprint density at radius 2 is 1.82 bits per heavy atom. The molecule has 1 aliphatic rings. The van der Waals surface area contributed by atoms with Crippen LogP contribution < -0.4 is 5.32 Å². The molecule has 0 radical (unpaired) electrons.